The van der Waals surface area contributed by atoms with E-state index in [1.807, 2.05) is 0 Å². The van der Waals surface area contributed by atoms with Crippen molar-refractivity contribution in [3.05, 3.63) is 47.7 Å². The summed E-state index contributed by atoms with van der Waals surface area (Å²) in [6.45, 7) is 1.32. The van der Waals surface area contributed by atoms with E-state index in [0.29, 0.717) is 18.4 Å². The molecule has 0 unspecified atom stereocenters. The zero-order valence-corrected chi connectivity index (χ0v) is 20.5. The highest BCUT2D eigenvalue weighted by molar-refractivity contribution is 6.02. The number of phenols is 1. The molecule has 4 heterocycles. The summed E-state index contributed by atoms with van der Waals surface area (Å²) in [5.41, 5.74) is -0.742. The van der Waals surface area contributed by atoms with Gasteiger partial charge in [-0.05, 0) is 43.0 Å². The largest absolute Gasteiger partial charge is 0.508 e. The summed E-state index contributed by atoms with van der Waals surface area (Å²) in [4.78, 5) is 14.9. The van der Waals surface area contributed by atoms with E-state index >= 15 is 4.39 Å². The Bertz CT molecular complexity index is 1640. The van der Waals surface area contributed by atoms with Crippen molar-refractivity contribution in [3.63, 3.8) is 0 Å². The molecular weight excluding hydrogens is 497 g/mol. The van der Waals surface area contributed by atoms with E-state index in [1.54, 1.807) is 0 Å². The maximum absolute atomic E-state index is 16.1. The Morgan fingerprint density at radius 1 is 1.26 bits per heavy atom. The highest BCUT2D eigenvalue weighted by atomic mass is 19.1. The first-order valence-electron chi connectivity index (χ1n) is 12.2. The van der Waals surface area contributed by atoms with Gasteiger partial charge < -0.3 is 14.6 Å². The lowest BCUT2D eigenvalue weighted by Gasteiger charge is -2.30. The third-order valence-electron chi connectivity index (χ3n) is 7.50. The van der Waals surface area contributed by atoms with Gasteiger partial charge in [-0.3, -0.25) is 9.88 Å². The minimum absolute atomic E-state index is 0.0506. The lowest BCUT2D eigenvalue weighted by molar-refractivity contribution is 0.107. The van der Waals surface area contributed by atoms with Crippen LogP contribution in [-0.4, -0.2) is 63.5 Å². The second-order valence-electron chi connectivity index (χ2n) is 9.72. The summed E-state index contributed by atoms with van der Waals surface area (Å²) < 4.78 is 56.1. The summed E-state index contributed by atoms with van der Waals surface area (Å²) in [6, 6.07) is 5.20. The lowest BCUT2D eigenvalue weighted by Crippen LogP contribution is -2.43. The molecule has 2 fully saturated rings. The summed E-state index contributed by atoms with van der Waals surface area (Å²) in [5, 5.41) is 11.2. The van der Waals surface area contributed by atoms with E-state index in [-0.39, 0.29) is 57.4 Å². The number of phenolic OH excluding ortho intramolecular Hbond substituents is 1. The fourth-order valence-electron chi connectivity index (χ4n) is 5.82. The standard InChI is InChI=1S/C28H23F3N4O3/c1-3-18-21(30)6-5-15-9-17(36)10-19(22(15)18)24-23(31)25-20(12-32-24)26(37-2)34-27(33-25)38-14-28-7-4-8-35(28)13-16(29)11-28/h1,5-6,9-10,12,16,36H,4,7-8,11,13-14H2,2H3/t16-,28+/m1/s1. The van der Waals surface area contributed by atoms with Crippen molar-refractivity contribution in [2.75, 3.05) is 26.8 Å². The first-order chi connectivity index (χ1) is 18.3. The van der Waals surface area contributed by atoms with Crippen LogP contribution >= 0.6 is 0 Å². The second-order valence-corrected chi connectivity index (χ2v) is 9.72. The molecule has 0 aliphatic carbocycles. The number of pyridine rings is 1. The van der Waals surface area contributed by atoms with E-state index in [0.717, 1.165) is 19.4 Å². The molecule has 0 radical (unpaired) electrons. The first kappa shape index (κ1) is 24.2. The van der Waals surface area contributed by atoms with Crippen molar-refractivity contribution < 1.29 is 27.8 Å². The van der Waals surface area contributed by atoms with E-state index in [4.69, 9.17) is 15.9 Å². The van der Waals surface area contributed by atoms with Gasteiger partial charge in [-0.15, -0.1) is 6.42 Å². The Hall–Kier alpha value is -4.10. The molecule has 0 amide bonds. The van der Waals surface area contributed by atoms with Crippen molar-refractivity contribution in [1.82, 2.24) is 19.9 Å². The number of terminal acetylenes is 1. The normalized spacial score (nSPS) is 21.1. The van der Waals surface area contributed by atoms with Gasteiger partial charge in [-0.1, -0.05) is 12.0 Å². The van der Waals surface area contributed by atoms with Crippen LogP contribution in [0.2, 0.25) is 0 Å². The van der Waals surface area contributed by atoms with Gasteiger partial charge in [0.1, 0.15) is 35.6 Å². The summed E-state index contributed by atoms with van der Waals surface area (Å²) in [5.74, 6) is 0.687. The molecule has 6 rings (SSSR count). The van der Waals surface area contributed by atoms with Gasteiger partial charge in [0.05, 0.1) is 23.6 Å². The Morgan fingerprint density at radius 2 is 2.11 bits per heavy atom. The molecule has 0 bridgehead atoms. The van der Waals surface area contributed by atoms with Gasteiger partial charge in [0.25, 0.3) is 0 Å². The third kappa shape index (κ3) is 3.77. The fraction of sp³-hybridized carbons (Fsp3) is 0.321. The van der Waals surface area contributed by atoms with Gasteiger partial charge in [0, 0.05) is 30.1 Å². The molecule has 7 nitrogen and oxygen atoms in total. The van der Waals surface area contributed by atoms with Crippen LogP contribution in [0.1, 0.15) is 24.8 Å². The molecule has 4 aromatic rings. The Balaban J connectivity index is 1.47. The molecule has 38 heavy (non-hydrogen) atoms. The third-order valence-corrected chi connectivity index (χ3v) is 7.50. The average Bonchev–Trinajstić information content (AvgIpc) is 3.43. The predicted molar refractivity (Wildman–Crippen MR) is 135 cm³/mol. The zero-order chi connectivity index (χ0) is 26.6. The number of alkyl halides is 1. The Kier molecular flexibility index (Phi) is 5.76. The number of hydrogen-bond acceptors (Lipinski definition) is 7. The van der Waals surface area contributed by atoms with Crippen molar-refractivity contribution in [2.45, 2.75) is 31.0 Å². The molecular formula is C28H23F3N4O3. The molecule has 2 aromatic carbocycles. The number of halogens is 3. The fourth-order valence-corrected chi connectivity index (χ4v) is 5.82. The summed E-state index contributed by atoms with van der Waals surface area (Å²) >= 11 is 0. The molecule has 0 spiro atoms. The predicted octanol–water partition coefficient (Wildman–Crippen LogP) is 4.77. The Morgan fingerprint density at radius 3 is 2.89 bits per heavy atom. The average molecular weight is 521 g/mol. The SMILES string of the molecule is C#Cc1c(F)ccc2cc(O)cc(-c3ncc4c(OC)nc(OC[C@@]56CCCN5C[C@H](F)C6)nc4c3F)c12. The first-order valence-corrected chi connectivity index (χ1v) is 12.2. The quantitative estimate of drug-likeness (QED) is 0.380. The number of benzene rings is 2. The van der Waals surface area contributed by atoms with Crippen LogP contribution in [0.3, 0.4) is 0 Å². The number of rotatable bonds is 5. The second kappa shape index (κ2) is 9.03. The number of nitrogens with zero attached hydrogens (tertiary/aromatic N) is 4. The van der Waals surface area contributed by atoms with Gasteiger partial charge in [0.15, 0.2) is 5.82 Å². The van der Waals surface area contributed by atoms with Gasteiger partial charge >= 0.3 is 6.01 Å². The number of fused-ring (bicyclic) bond motifs is 3. The van der Waals surface area contributed by atoms with Gasteiger partial charge in [-0.25, -0.2) is 13.2 Å². The molecule has 10 heteroatoms. The van der Waals surface area contributed by atoms with Gasteiger partial charge in [-0.2, -0.15) is 9.97 Å². The molecule has 2 aromatic heterocycles. The van der Waals surface area contributed by atoms with E-state index in [1.165, 1.54) is 37.6 Å². The molecule has 2 aliphatic rings. The van der Waals surface area contributed by atoms with E-state index in [9.17, 15) is 13.9 Å². The monoisotopic (exact) mass is 520 g/mol. The topological polar surface area (TPSA) is 80.6 Å². The van der Waals surface area contributed by atoms with Crippen LogP contribution in [0.25, 0.3) is 32.9 Å². The molecule has 194 valence electrons. The van der Waals surface area contributed by atoms with Crippen molar-refractivity contribution in [3.8, 4) is 41.2 Å². The molecule has 2 saturated heterocycles. The van der Waals surface area contributed by atoms with E-state index < -0.39 is 23.3 Å². The highest BCUT2D eigenvalue weighted by Gasteiger charge is 2.49. The number of ether oxygens (including phenoxy) is 2. The lowest BCUT2D eigenvalue weighted by atomic mass is 9.95. The molecule has 1 N–H and O–H groups in total. The van der Waals surface area contributed by atoms with Crippen molar-refractivity contribution in [1.29, 1.82) is 0 Å². The van der Waals surface area contributed by atoms with Crippen LogP contribution in [0, 0.1) is 24.0 Å². The minimum atomic E-state index is -0.924. The summed E-state index contributed by atoms with van der Waals surface area (Å²) in [7, 11) is 1.38. The van der Waals surface area contributed by atoms with Gasteiger partial charge in [0.2, 0.25) is 5.88 Å². The van der Waals surface area contributed by atoms with Crippen LogP contribution in [-0.2, 0) is 0 Å². The van der Waals surface area contributed by atoms with Crippen molar-refractivity contribution in [2.24, 2.45) is 0 Å². The number of aromatic hydroxyl groups is 1. The zero-order valence-electron chi connectivity index (χ0n) is 20.5. The van der Waals surface area contributed by atoms with Crippen molar-refractivity contribution >= 4 is 21.7 Å². The summed E-state index contributed by atoms with van der Waals surface area (Å²) in [6.07, 6.45) is 8.08. The molecule has 2 atom stereocenters. The van der Waals surface area contributed by atoms with Crippen LogP contribution < -0.4 is 9.47 Å². The van der Waals surface area contributed by atoms with Crippen LogP contribution in [0.15, 0.2) is 30.5 Å². The Labute approximate surface area is 216 Å². The number of methoxy groups -OCH3 is 1. The van der Waals surface area contributed by atoms with Crippen LogP contribution in [0.5, 0.6) is 17.6 Å². The number of aromatic nitrogens is 3. The highest BCUT2D eigenvalue weighted by Crippen LogP contribution is 2.41. The maximum Gasteiger partial charge on any atom is 0.320 e. The minimum Gasteiger partial charge on any atom is -0.508 e. The smallest absolute Gasteiger partial charge is 0.320 e. The van der Waals surface area contributed by atoms with Crippen LogP contribution in [0.4, 0.5) is 13.2 Å². The van der Waals surface area contributed by atoms with E-state index in [2.05, 4.69) is 25.8 Å². The molecule has 2 aliphatic heterocycles. The number of hydrogen-bond donors (Lipinski definition) is 1. The maximum atomic E-state index is 16.1. The molecule has 0 saturated carbocycles.